The fourth-order valence-corrected chi connectivity index (χ4v) is 0.499. The van der Waals surface area contributed by atoms with Crippen LogP contribution in [0.5, 0.6) is 0 Å². The second kappa shape index (κ2) is 2.25. The molecule has 1 rings (SSSR count). The maximum Gasteiger partial charge on any atom is 0.169 e. The largest absolute Gasteiger partial charge is 0.427 e. The summed E-state index contributed by atoms with van der Waals surface area (Å²) < 4.78 is 0.765. The molecular formula is C4H5N3O2. The fourth-order valence-electron chi connectivity index (χ4n) is 0.499. The van der Waals surface area contributed by atoms with E-state index in [0.717, 1.165) is 4.73 Å². The second-order valence-electron chi connectivity index (χ2n) is 1.48. The Balaban J connectivity index is 2.80. The Morgan fingerprint density at radius 3 is 3.11 bits per heavy atom. The molecule has 5 heteroatoms. The third kappa shape index (κ3) is 1.04. The lowest BCUT2D eigenvalue weighted by molar-refractivity contribution is 0.176. The maximum absolute atomic E-state index is 9.61. The summed E-state index contributed by atoms with van der Waals surface area (Å²) >= 11 is 0. The van der Waals surface area contributed by atoms with Gasteiger partial charge in [-0.05, 0) is 0 Å². The summed E-state index contributed by atoms with van der Waals surface area (Å²) in [7, 11) is 0. The quantitative estimate of drug-likeness (QED) is 0.461. The fraction of sp³-hybridized carbons (Fsp3) is 0.250. The number of nitrogens with zero attached hydrogens (tertiary/aromatic N) is 3. The summed E-state index contributed by atoms with van der Waals surface area (Å²) in [6.45, 7) is -0.0938. The third-order valence-electron chi connectivity index (χ3n) is 0.902. The first-order valence-electron chi connectivity index (χ1n) is 2.35. The van der Waals surface area contributed by atoms with E-state index in [1.807, 2.05) is 0 Å². The molecule has 0 aliphatic heterocycles. The van der Waals surface area contributed by atoms with Crippen molar-refractivity contribution in [3.63, 3.8) is 0 Å². The van der Waals surface area contributed by atoms with Gasteiger partial charge in [-0.1, -0.05) is 5.18 Å². The molecule has 5 nitrogen and oxygen atoms in total. The van der Waals surface area contributed by atoms with E-state index in [-0.39, 0.29) is 12.4 Å². The van der Waals surface area contributed by atoms with Crippen LogP contribution in [0, 0.1) is 4.91 Å². The van der Waals surface area contributed by atoms with Crippen molar-refractivity contribution >= 4 is 0 Å². The van der Waals surface area contributed by atoms with E-state index in [4.69, 9.17) is 5.21 Å². The standard InChI is InChI=1S/C4H5N3O2/c8-6-3-4-5-1-2-7(4)9/h1-2,9H,3H2. The van der Waals surface area contributed by atoms with Crippen molar-refractivity contribution in [2.45, 2.75) is 6.54 Å². The topological polar surface area (TPSA) is 67.5 Å². The van der Waals surface area contributed by atoms with Crippen LogP contribution in [0.15, 0.2) is 17.6 Å². The van der Waals surface area contributed by atoms with Crippen molar-refractivity contribution < 1.29 is 5.21 Å². The van der Waals surface area contributed by atoms with Crippen LogP contribution in [0.25, 0.3) is 0 Å². The van der Waals surface area contributed by atoms with Crippen molar-refractivity contribution in [3.8, 4) is 0 Å². The van der Waals surface area contributed by atoms with Gasteiger partial charge in [0, 0.05) is 6.20 Å². The highest BCUT2D eigenvalue weighted by molar-refractivity contribution is 4.87. The molecule has 0 saturated heterocycles. The Kier molecular flexibility index (Phi) is 1.44. The lowest BCUT2D eigenvalue weighted by Crippen LogP contribution is -1.95. The minimum atomic E-state index is -0.0938. The molecule has 1 N–H and O–H groups in total. The van der Waals surface area contributed by atoms with Gasteiger partial charge in [-0.25, -0.2) is 4.98 Å². The summed E-state index contributed by atoms with van der Waals surface area (Å²) in [5.74, 6) is 0.255. The van der Waals surface area contributed by atoms with Gasteiger partial charge in [0.05, 0.1) is 6.20 Å². The highest BCUT2D eigenvalue weighted by Gasteiger charge is 1.97. The summed E-state index contributed by atoms with van der Waals surface area (Å²) in [5.41, 5.74) is 0. The first-order valence-corrected chi connectivity index (χ1v) is 2.35. The maximum atomic E-state index is 9.61. The van der Waals surface area contributed by atoms with Crippen LogP contribution in [0.4, 0.5) is 0 Å². The summed E-state index contributed by atoms with van der Waals surface area (Å²) in [6, 6.07) is 0. The Morgan fingerprint density at radius 1 is 1.89 bits per heavy atom. The van der Waals surface area contributed by atoms with Crippen molar-refractivity contribution in [2.75, 3.05) is 0 Å². The van der Waals surface area contributed by atoms with E-state index < -0.39 is 0 Å². The van der Waals surface area contributed by atoms with Gasteiger partial charge in [-0.2, -0.15) is 9.64 Å². The van der Waals surface area contributed by atoms with Gasteiger partial charge in [0.1, 0.15) is 6.54 Å². The lowest BCUT2D eigenvalue weighted by Gasteiger charge is -1.90. The first kappa shape index (κ1) is 5.74. The Labute approximate surface area is 50.9 Å². The first-order chi connectivity index (χ1) is 4.34. The highest BCUT2D eigenvalue weighted by Crippen LogP contribution is 1.93. The zero-order valence-corrected chi connectivity index (χ0v) is 4.56. The number of rotatable bonds is 2. The van der Waals surface area contributed by atoms with Crippen molar-refractivity contribution in [1.82, 2.24) is 9.71 Å². The van der Waals surface area contributed by atoms with Gasteiger partial charge >= 0.3 is 0 Å². The van der Waals surface area contributed by atoms with Gasteiger partial charge in [0.15, 0.2) is 5.82 Å². The second-order valence-corrected chi connectivity index (χ2v) is 1.48. The molecule has 0 atom stereocenters. The van der Waals surface area contributed by atoms with Gasteiger partial charge in [-0.15, -0.1) is 0 Å². The molecule has 1 heterocycles. The van der Waals surface area contributed by atoms with Gasteiger partial charge < -0.3 is 5.21 Å². The zero-order valence-electron chi connectivity index (χ0n) is 4.56. The molecule has 0 spiro atoms. The number of hydrogen-bond acceptors (Lipinski definition) is 4. The van der Waals surface area contributed by atoms with Crippen molar-refractivity contribution in [2.24, 2.45) is 5.18 Å². The van der Waals surface area contributed by atoms with E-state index in [9.17, 15) is 4.91 Å². The molecule has 0 amide bonds. The zero-order chi connectivity index (χ0) is 6.69. The predicted octanol–water partition coefficient (Wildman–Crippen LogP) is 0.387. The number of nitroso groups, excluding NO2 is 1. The molecule has 0 saturated carbocycles. The summed E-state index contributed by atoms with van der Waals surface area (Å²) in [5, 5.41) is 11.3. The average Bonchev–Trinajstić information content (AvgIpc) is 2.18. The van der Waals surface area contributed by atoms with Crippen LogP contribution in [0.3, 0.4) is 0 Å². The minimum absolute atomic E-state index is 0.0938. The molecule has 1 aromatic heterocycles. The SMILES string of the molecule is O=NCc1nccn1O. The predicted molar refractivity (Wildman–Crippen MR) is 28.9 cm³/mol. The molecule has 48 valence electrons. The number of hydrogen-bond donors (Lipinski definition) is 1. The van der Waals surface area contributed by atoms with E-state index in [2.05, 4.69) is 10.2 Å². The average molecular weight is 127 g/mol. The molecule has 1 aromatic rings. The number of imidazole rings is 1. The van der Waals surface area contributed by atoms with Crippen LogP contribution in [0.2, 0.25) is 0 Å². The van der Waals surface area contributed by atoms with Gasteiger partial charge in [-0.3, -0.25) is 0 Å². The Hall–Kier alpha value is -1.39. The Bertz CT molecular complexity index is 207. The summed E-state index contributed by atoms with van der Waals surface area (Å²) in [6.07, 6.45) is 2.72. The molecule has 0 aromatic carbocycles. The molecule has 0 aliphatic rings. The number of aromatic nitrogens is 2. The van der Waals surface area contributed by atoms with Crippen LogP contribution < -0.4 is 0 Å². The monoisotopic (exact) mass is 127 g/mol. The van der Waals surface area contributed by atoms with E-state index in [0.29, 0.717) is 0 Å². The van der Waals surface area contributed by atoms with E-state index in [1.54, 1.807) is 0 Å². The summed E-state index contributed by atoms with van der Waals surface area (Å²) in [4.78, 5) is 13.2. The minimum Gasteiger partial charge on any atom is -0.427 e. The van der Waals surface area contributed by atoms with Crippen LogP contribution >= 0.6 is 0 Å². The smallest absolute Gasteiger partial charge is 0.169 e. The molecule has 9 heavy (non-hydrogen) atoms. The molecule has 0 aliphatic carbocycles. The van der Waals surface area contributed by atoms with Gasteiger partial charge in [0.25, 0.3) is 0 Å². The Morgan fingerprint density at radius 2 is 2.67 bits per heavy atom. The molecule has 0 radical (unpaired) electrons. The van der Waals surface area contributed by atoms with Crippen LogP contribution in [-0.2, 0) is 6.54 Å². The molecule has 0 bridgehead atoms. The normalized spacial score (nSPS) is 9.33. The van der Waals surface area contributed by atoms with Crippen LogP contribution in [0.1, 0.15) is 5.82 Å². The molecular weight excluding hydrogens is 122 g/mol. The van der Waals surface area contributed by atoms with Crippen LogP contribution in [-0.4, -0.2) is 14.9 Å². The van der Waals surface area contributed by atoms with Crippen molar-refractivity contribution in [3.05, 3.63) is 23.1 Å². The van der Waals surface area contributed by atoms with E-state index >= 15 is 0 Å². The highest BCUT2D eigenvalue weighted by atomic mass is 16.5. The lowest BCUT2D eigenvalue weighted by atomic mass is 10.6. The third-order valence-corrected chi connectivity index (χ3v) is 0.902. The molecule has 0 unspecified atom stereocenters. The van der Waals surface area contributed by atoms with Crippen molar-refractivity contribution in [1.29, 1.82) is 0 Å². The van der Waals surface area contributed by atoms with E-state index in [1.165, 1.54) is 12.4 Å². The molecule has 0 fully saturated rings. The van der Waals surface area contributed by atoms with Gasteiger partial charge in [0.2, 0.25) is 0 Å².